The van der Waals surface area contributed by atoms with Crippen molar-refractivity contribution in [3.8, 4) is 22.8 Å². The van der Waals surface area contributed by atoms with E-state index >= 15 is 0 Å². The van der Waals surface area contributed by atoms with Gasteiger partial charge in [0.1, 0.15) is 22.7 Å². The normalized spacial score (nSPS) is 16.3. The van der Waals surface area contributed by atoms with Crippen molar-refractivity contribution in [2.75, 3.05) is 10.6 Å². The number of hydrogen-bond acceptors (Lipinski definition) is 10. The molecule has 2 atom stereocenters. The van der Waals surface area contributed by atoms with Gasteiger partial charge in [0.15, 0.2) is 23.3 Å². The molecule has 8 aromatic heterocycles. The smallest absolute Gasteiger partial charge is 0.163 e. The Kier molecular flexibility index (Phi) is 8.83. The summed E-state index contributed by atoms with van der Waals surface area (Å²) >= 11 is 0. The summed E-state index contributed by atoms with van der Waals surface area (Å²) < 4.78 is 27.2. The highest BCUT2D eigenvalue weighted by molar-refractivity contribution is 5.88. The maximum atomic E-state index is 13.6. The average Bonchev–Trinajstić information content (AvgIpc) is 3.88. The van der Waals surface area contributed by atoms with Crippen LogP contribution in [0.5, 0.6) is 0 Å². The number of anilines is 2. The van der Waals surface area contributed by atoms with Crippen molar-refractivity contribution in [3.63, 3.8) is 0 Å². The average molecular weight is 721 g/mol. The molecule has 2 aliphatic carbocycles. The van der Waals surface area contributed by atoms with Crippen LogP contribution in [0.15, 0.2) is 98.1 Å². The van der Waals surface area contributed by atoms with Crippen LogP contribution >= 0.6 is 0 Å². The van der Waals surface area contributed by atoms with Crippen LogP contribution in [-0.2, 0) is 25.7 Å². The Labute approximate surface area is 308 Å². The van der Waals surface area contributed by atoms with Gasteiger partial charge in [0, 0.05) is 71.8 Å². The molecule has 268 valence electrons. The number of nitrogens with zero attached hydrogens (tertiary/aromatic N) is 8. The molecule has 0 unspecified atom stereocenters. The van der Waals surface area contributed by atoms with Gasteiger partial charge in [-0.1, -0.05) is 0 Å². The van der Waals surface area contributed by atoms with E-state index in [-0.39, 0.29) is 12.1 Å². The minimum atomic E-state index is -0.413. The van der Waals surface area contributed by atoms with E-state index in [1.165, 1.54) is 47.0 Å². The Hall–Kier alpha value is -6.70. The Morgan fingerprint density at radius 2 is 1.07 bits per heavy atom. The molecule has 0 aliphatic heterocycles. The summed E-state index contributed by atoms with van der Waals surface area (Å²) in [5.41, 5.74) is 9.23. The minimum absolute atomic E-state index is 0.256. The first-order valence-electron chi connectivity index (χ1n) is 17.8. The van der Waals surface area contributed by atoms with Gasteiger partial charge in [-0.25, -0.2) is 28.7 Å². The summed E-state index contributed by atoms with van der Waals surface area (Å²) in [5.74, 6) is 1.38. The second-order valence-corrected chi connectivity index (χ2v) is 13.4. The van der Waals surface area contributed by atoms with Crippen molar-refractivity contribution in [1.82, 2.24) is 49.8 Å². The Morgan fingerprint density at radius 1 is 0.593 bits per heavy atom. The number of rotatable bonds is 6. The van der Waals surface area contributed by atoms with Crippen LogP contribution in [0.4, 0.5) is 20.4 Å². The van der Waals surface area contributed by atoms with Gasteiger partial charge in [-0.15, -0.1) is 0 Å². The van der Waals surface area contributed by atoms with Crippen LogP contribution in [0.2, 0.25) is 0 Å². The number of H-pyrrole nitrogens is 2. The molecule has 0 radical (unpaired) electrons. The molecule has 2 aliphatic rings. The molecule has 0 spiro atoms. The van der Waals surface area contributed by atoms with Crippen LogP contribution in [-0.4, -0.2) is 61.9 Å². The van der Waals surface area contributed by atoms with Gasteiger partial charge in [0.05, 0.1) is 23.4 Å². The molecule has 0 saturated heterocycles. The second-order valence-electron chi connectivity index (χ2n) is 13.4. The van der Waals surface area contributed by atoms with E-state index in [0.29, 0.717) is 56.5 Å². The lowest BCUT2D eigenvalue weighted by Crippen LogP contribution is -2.27. The highest BCUT2D eigenvalue weighted by atomic mass is 19.1. The van der Waals surface area contributed by atoms with Crippen molar-refractivity contribution >= 4 is 33.7 Å². The van der Waals surface area contributed by atoms with Gasteiger partial charge in [-0.3, -0.25) is 19.9 Å². The van der Waals surface area contributed by atoms with Gasteiger partial charge in [0.2, 0.25) is 0 Å². The van der Waals surface area contributed by atoms with Crippen molar-refractivity contribution in [2.45, 2.75) is 50.6 Å². The zero-order valence-electron chi connectivity index (χ0n) is 29.0. The maximum Gasteiger partial charge on any atom is 0.163 e. The monoisotopic (exact) mass is 720 g/mol. The Morgan fingerprint density at radius 3 is 1.54 bits per heavy atom. The van der Waals surface area contributed by atoms with Gasteiger partial charge in [-0.2, -0.15) is 0 Å². The lowest BCUT2D eigenvalue weighted by atomic mass is 9.93. The molecule has 10 rings (SSSR count). The third-order valence-electron chi connectivity index (χ3n) is 9.80. The first-order chi connectivity index (χ1) is 26.5. The van der Waals surface area contributed by atoms with Gasteiger partial charge in [0.25, 0.3) is 0 Å². The SMILES string of the molecule is Fc1cncc(-c2nc(N[C@@H]3CCc4[nH]ccc4C3)c3ncccc3n2)c1.Fc1cncc(-c2nc(N[C@H]3CCc4[nH]ccc4C3)c3ncccc3n2)c1. The number of hydrogen-bond donors (Lipinski definition) is 4. The maximum absolute atomic E-state index is 13.6. The molecule has 0 bridgehead atoms. The predicted octanol–water partition coefficient (Wildman–Crippen LogP) is 7.05. The summed E-state index contributed by atoms with van der Waals surface area (Å²) in [6, 6.07) is 15.0. The zero-order valence-corrected chi connectivity index (χ0v) is 29.0. The molecule has 4 N–H and O–H groups in total. The quantitative estimate of drug-likeness (QED) is 0.140. The number of aryl methyl sites for hydroxylation is 2. The third kappa shape index (κ3) is 6.93. The summed E-state index contributed by atoms with van der Waals surface area (Å²) in [4.78, 5) is 41.7. The molecular weight excluding hydrogens is 687 g/mol. The molecule has 0 saturated carbocycles. The molecule has 8 heterocycles. The van der Waals surface area contributed by atoms with Crippen molar-refractivity contribution in [3.05, 3.63) is 132 Å². The van der Waals surface area contributed by atoms with Gasteiger partial charge in [-0.05, 0) is 98.2 Å². The standard InChI is InChI=1S/2C20H17FN6/c2*21-14-8-13(10-22-11-14)19-26-17-2-1-6-24-18(17)20(27-19)25-15-3-4-16-12(9-15)5-7-23-16/h2*1-2,5-8,10-11,15,23H,3-4,9H2,(H,25,26,27)/t2*15-/m10/s1. The fourth-order valence-electron chi connectivity index (χ4n) is 7.19. The van der Waals surface area contributed by atoms with E-state index in [9.17, 15) is 8.78 Å². The Balaban J connectivity index is 0.000000142. The number of nitrogens with one attached hydrogen (secondary N) is 4. The zero-order chi connectivity index (χ0) is 36.4. The number of fused-ring (bicyclic) bond motifs is 4. The third-order valence-corrected chi connectivity index (χ3v) is 9.80. The Bertz CT molecular complexity index is 2420. The van der Waals surface area contributed by atoms with Gasteiger partial charge >= 0.3 is 0 Å². The van der Waals surface area contributed by atoms with Crippen LogP contribution in [0.3, 0.4) is 0 Å². The molecule has 54 heavy (non-hydrogen) atoms. The predicted molar refractivity (Wildman–Crippen MR) is 202 cm³/mol. The van der Waals surface area contributed by atoms with E-state index in [0.717, 1.165) is 38.5 Å². The molecule has 12 nitrogen and oxygen atoms in total. The lowest BCUT2D eigenvalue weighted by Gasteiger charge is -2.24. The van der Waals surface area contributed by atoms with Gasteiger partial charge < -0.3 is 20.6 Å². The lowest BCUT2D eigenvalue weighted by molar-refractivity contribution is 0.604. The van der Waals surface area contributed by atoms with Crippen molar-refractivity contribution < 1.29 is 8.78 Å². The van der Waals surface area contributed by atoms with E-state index in [1.54, 1.807) is 24.8 Å². The number of pyridine rings is 4. The topological polar surface area (TPSA) is 159 Å². The summed E-state index contributed by atoms with van der Waals surface area (Å²) in [7, 11) is 0. The first kappa shape index (κ1) is 33.2. The summed E-state index contributed by atoms with van der Waals surface area (Å²) in [5, 5.41) is 7.08. The van der Waals surface area contributed by atoms with Crippen molar-refractivity contribution in [1.29, 1.82) is 0 Å². The van der Waals surface area contributed by atoms with Crippen LogP contribution in [0.25, 0.3) is 44.8 Å². The molecule has 8 aromatic rings. The fourth-order valence-corrected chi connectivity index (χ4v) is 7.19. The molecule has 0 amide bonds. The largest absolute Gasteiger partial charge is 0.365 e. The minimum Gasteiger partial charge on any atom is -0.365 e. The number of aromatic amines is 2. The van der Waals surface area contributed by atoms with E-state index in [4.69, 9.17) is 0 Å². The number of aromatic nitrogens is 10. The molecule has 0 aromatic carbocycles. The van der Waals surface area contributed by atoms with Crippen LogP contribution in [0.1, 0.15) is 35.4 Å². The summed E-state index contributed by atoms with van der Waals surface area (Å²) in [6.45, 7) is 0. The first-order valence-corrected chi connectivity index (χ1v) is 17.8. The number of halogens is 2. The molecule has 0 fully saturated rings. The fraction of sp³-hybridized carbons (Fsp3) is 0.200. The highest BCUT2D eigenvalue weighted by Gasteiger charge is 2.23. The van der Waals surface area contributed by atoms with E-state index in [1.807, 2.05) is 36.7 Å². The van der Waals surface area contributed by atoms with E-state index < -0.39 is 11.6 Å². The second kappa shape index (κ2) is 14.4. The van der Waals surface area contributed by atoms with E-state index in [2.05, 4.69) is 72.6 Å². The molecular formula is C40H34F2N12. The highest BCUT2D eigenvalue weighted by Crippen LogP contribution is 2.29. The van der Waals surface area contributed by atoms with Crippen molar-refractivity contribution in [2.24, 2.45) is 0 Å². The molecule has 14 heteroatoms. The van der Waals surface area contributed by atoms with Crippen LogP contribution in [0, 0.1) is 11.6 Å². The van der Waals surface area contributed by atoms with Crippen LogP contribution < -0.4 is 10.6 Å². The summed E-state index contributed by atoms with van der Waals surface area (Å²) in [6.07, 6.45) is 18.8.